The van der Waals surface area contributed by atoms with Gasteiger partial charge in [0, 0.05) is 38.8 Å². The van der Waals surface area contributed by atoms with Crippen molar-refractivity contribution < 1.29 is 14.6 Å². The van der Waals surface area contributed by atoms with Crippen LogP contribution in [0.2, 0.25) is 0 Å². The molecule has 5 nitrogen and oxygen atoms in total. The molecule has 1 aromatic rings. The molecule has 1 heterocycles. The van der Waals surface area contributed by atoms with Crippen LogP contribution >= 0.6 is 0 Å². The summed E-state index contributed by atoms with van der Waals surface area (Å²) in [5, 5.41) is 10.2. The van der Waals surface area contributed by atoms with Gasteiger partial charge in [0.05, 0.1) is 19.3 Å². The molecular weight excluding hydrogens is 280 g/mol. The van der Waals surface area contributed by atoms with Crippen molar-refractivity contribution in [1.82, 2.24) is 9.80 Å². The van der Waals surface area contributed by atoms with E-state index >= 15 is 0 Å². The third kappa shape index (κ3) is 4.80. The number of aliphatic hydroxyl groups is 1. The number of aryl methyl sites for hydroxylation is 1. The molecule has 5 heteroatoms. The number of carbonyl (C=O) groups excluding carboxylic acids is 1. The number of rotatable bonds is 6. The van der Waals surface area contributed by atoms with Crippen molar-refractivity contribution in [2.45, 2.75) is 19.4 Å². The lowest BCUT2D eigenvalue weighted by atomic mass is 10.1. The van der Waals surface area contributed by atoms with Gasteiger partial charge in [-0.15, -0.1) is 0 Å². The molecule has 1 aromatic carbocycles. The molecule has 2 rings (SSSR count). The molecular formula is C17H26N2O3. The summed E-state index contributed by atoms with van der Waals surface area (Å²) in [5.41, 5.74) is 1.88. The Hall–Kier alpha value is -1.43. The minimum Gasteiger partial charge on any atom is -0.390 e. The lowest BCUT2D eigenvalue weighted by Gasteiger charge is -2.30. The number of β-amino-alcohol motifs (C(OH)–C–C–N with tert-alkyl or cyclic N) is 1. The van der Waals surface area contributed by atoms with Crippen LogP contribution < -0.4 is 0 Å². The van der Waals surface area contributed by atoms with Crippen LogP contribution in [0.4, 0.5) is 0 Å². The SMILES string of the molecule is CCc1ccc(C(=O)N(C)CC(O)CN2CCOCC2)cc1. The lowest BCUT2D eigenvalue weighted by molar-refractivity contribution is 0.00879. The van der Waals surface area contributed by atoms with Crippen LogP contribution in [0.25, 0.3) is 0 Å². The second-order valence-corrected chi connectivity index (χ2v) is 5.80. The van der Waals surface area contributed by atoms with Crippen LogP contribution in [0, 0.1) is 0 Å². The zero-order valence-corrected chi connectivity index (χ0v) is 13.5. The summed E-state index contributed by atoms with van der Waals surface area (Å²) < 4.78 is 5.29. The number of ether oxygens (including phenoxy) is 1. The third-order valence-corrected chi connectivity index (χ3v) is 4.01. The molecule has 0 spiro atoms. The average Bonchev–Trinajstić information content (AvgIpc) is 2.55. The molecule has 0 radical (unpaired) electrons. The fourth-order valence-electron chi connectivity index (χ4n) is 2.64. The number of likely N-dealkylation sites (N-methyl/N-ethyl adjacent to an activating group) is 1. The van der Waals surface area contributed by atoms with E-state index in [9.17, 15) is 9.90 Å². The molecule has 1 saturated heterocycles. The Bertz CT molecular complexity index is 469. The molecule has 1 aliphatic rings. The molecule has 122 valence electrons. The number of morpholine rings is 1. The fourth-order valence-corrected chi connectivity index (χ4v) is 2.64. The molecule has 0 saturated carbocycles. The maximum Gasteiger partial charge on any atom is 0.253 e. The predicted molar refractivity (Wildman–Crippen MR) is 86.0 cm³/mol. The van der Waals surface area contributed by atoms with Crippen molar-refractivity contribution >= 4 is 5.91 Å². The standard InChI is InChI=1S/C17H26N2O3/c1-3-14-4-6-15(7-5-14)17(21)18(2)12-16(20)13-19-8-10-22-11-9-19/h4-7,16,20H,3,8-13H2,1-2H3. The van der Waals surface area contributed by atoms with Crippen molar-refractivity contribution in [3.8, 4) is 0 Å². The quantitative estimate of drug-likeness (QED) is 0.852. The molecule has 0 aliphatic carbocycles. The van der Waals surface area contributed by atoms with E-state index < -0.39 is 6.10 Å². The summed E-state index contributed by atoms with van der Waals surface area (Å²) in [6, 6.07) is 7.66. The Balaban J connectivity index is 1.84. The van der Waals surface area contributed by atoms with E-state index in [1.807, 2.05) is 24.3 Å². The normalized spacial score (nSPS) is 17.2. The highest BCUT2D eigenvalue weighted by Gasteiger charge is 2.19. The Morgan fingerprint density at radius 3 is 2.55 bits per heavy atom. The van der Waals surface area contributed by atoms with Crippen LogP contribution in [0.3, 0.4) is 0 Å². The smallest absolute Gasteiger partial charge is 0.253 e. The molecule has 1 amide bonds. The maximum atomic E-state index is 12.4. The topological polar surface area (TPSA) is 53.0 Å². The van der Waals surface area contributed by atoms with Crippen molar-refractivity contribution in [1.29, 1.82) is 0 Å². The molecule has 1 unspecified atom stereocenters. The van der Waals surface area contributed by atoms with Crippen LogP contribution in [-0.2, 0) is 11.2 Å². The number of amides is 1. The van der Waals surface area contributed by atoms with Crippen LogP contribution in [0.5, 0.6) is 0 Å². The van der Waals surface area contributed by atoms with E-state index in [-0.39, 0.29) is 5.91 Å². The molecule has 0 bridgehead atoms. The van der Waals surface area contributed by atoms with Gasteiger partial charge in [-0.1, -0.05) is 19.1 Å². The minimum absolute atomic E-state index is 0.0521. The van der Waals surface area contributed by atoms with Gasteiger partial charge >= 0.3 is 0 Å². The molecule has 0 aromatic heterocycles. The van der Waals surface area contributed by atoms with Gasteiger partial charge in [-0.25, -0.2) is 0 Å². The highest BCUT2D eigenvalue weighted by Crippen LogP contribution is 2.08. The van der Waals surface area contributed by atoms with E-state index in [0.717, 1.165) is 19.5 Å². The molecule has 1 fully saturated rings. The third-order valence-electron chi connectivity index (χ3n) is 4.01. The van der Waals surface area contributed by atoms with E-state index in [2.05, 4.69) is 11.8 Å². The van der Waals surface area contributed by atoms with Gasteiger partial charge in [0.1, 0.15) is 0 Å². The Morgan fingerprint density at radius 1 is 1.32 bits per heavy atom. The van der Waals surface area contributed by atoms with Gasteiger partial charge < -0.3 is 14.7 Å². The number of hydrogen-bond donors (Lipinski definition) is 1. The van der Waals surface area contributed by atoms with Crippen molar-refractivity contribution in [3.63, 3.8) is 0 Å². The van der Waals surface area contributed by atoms with E-state index in [4.69, 9.17) is 4.74 Å². The van der Waals surface area contributed by atoms with Gasteiger partial charge in [-0.2, -0.15) is 0 Å². The van der Waals surface area contributed by atoms with Crippen molar-refractivity contribution in [2.24, 2.45) is 0 Å². The van der Waals surface area contributed by atoms with Crippen molar-refractivity contribution in [3.05, 3.63) is 35.4 Å². The molecule has 1 atom stereocenters. The largest absolute Gasteiger partial charge is 0.390 e. The number of carbonyl (C=O) groups is 1. The number of benzene rings is 1. The summed E-state index contributed by atoms with van der Waals surface area (Å²) >= 11 is 0. The Kier molecular flexibility index (Phi) is 6.36. The zero-order chi connectivity index (χ0) is 15.9. The number of nitrogens with zero attached hydrogens (tertiary/aromatic N) is 2. The fraction of sp³-hybridized carbons (Fsp3) is 0.588. The Labute approximate surface area is 132 Å². The summed E-state index contributed by atoms with van der Waals surface area (Å²) in [4.78, 5) is 16.1. The zero-order valence-electron chi connectivity index (χ0n) is 13.5. The van der Waals surface area contributed by atoms with E-state index in [0.29, 0.717) is 31.9 Å². The van der Waals surface area contributed by atoms with Crippen molar-refractivity contribution in [2.75, 3.05) is 46.4 Å². The summed E-state index contributed by atoms with van der Waals surface area (Å²) in [7, 11) is 1.73. The van der Waals surface area contributed by atoms with Gasteiger partial charge in [0.2, 0.25) is 0 Å². The highest BCUT2D eigenvalue weighted by molar-refractivity contribution is 5.94. The highest BCUT2D eigenvalue weighted by atomic mass is 16.5. The predicted octanol–water partition coefficient (Wildman–Crippen LogP) is 1.01. The van der Waals surface area contributed by atoms with Crippen LogP contribution in [0.15, 0.2) is 24.3 Å². The second kappa shape index (κ2) is 8.27. The van der Waals surface area contributed by atoms with Gasteiger partial charge in [-0.05, 0) is 24.1 Å². The lowest BCUT2D eigenvalue weighted by Crippen LogP contribution is -2.45. The maximum absolute atomic E-state index is 12.4. The first kappa shape index (κ1) is 16.9. The molecule has 1 N–H and O–H groups in total. The monoisotopic (exact) mass is 306 g/mol. The van der Waals surface area contributed by atoms with Crippen LogP contribution in [0.1, 0.15) is 22.8 Å². The van der Waals surface area contributed by atoms with Gasteiger partial charge in [-0.3, -0.25) is 9.69 Å². The minimum atomic E-state index is -0.540. The second-order valence-electron chi connectivity index (χ2n) is 5.80. The van der Waals surface area contributed by atoms with Gasteiger partial charge in [0.15, 0.2) is 0 Å². The first-order chi connectivity index (χ1) is 10.6. The molecule has 22 heavy (non-hydrogen) atoms. The van der Waals surface area contributed by atoms with E-state index in [1.165, 1.54) is 5.56 Å². The first-order valence-electron chi connectivity index (χ1n) is 7.92. The summed E-state index contributed by atoms with van der Waals surface area (Å²) in [5.74, 6) is -0.0521. The first-order valence-corrected chi connectivity index (χ1v) is 7.92. The Morgan fingerprint density at radius 2 is 1.95 bits per heavy atom. The molecule has 1 aliphatic heterocycles. The number of aliphatic hydroxyl groups excluding tert-OH is 1. The average molecular weight is 306 g/mol. The number of hydrogen-bond acceptors (Lipinski definition) is 4. The van der Waals surface area contributed by atoms with E-state index in [1.54, 1.807) is 11.9 Å². The summed E-state index contributed by atoms with van der Waals surface area (Å²) in [6.07, 6.45) is 0.421. The van der Waals surface area contributed by atoms with Gasteiger partial charge in [0.25, 0.3) is 5.91 Å². The van der Waals surface area contributed by atoms with Crippen LogP contribution in [-0.4, -0.2) is 73.4 Å². The summed E-state index contributed by atoms with van der Waals surface area (Å²) in [6.45, 7) is 6.11.